The molecule has 1 aliphatic heterocycles. The summed E-state index contributed by atoms with van der Waals surface area (Å²) < 4.78 is 6.39. The summed E-state index contributed by atoms with van der Waals surface area (Å²) in [6.07, 6.45) is 2.37. The van der Waals surface area contributed by atoms with E-state index >= 15 is 0 Å². The van der Waals surface area contributed by atoms with Crippen molar-refractivity contribution >= 4 is 28.2 Å². The number of hydrazine groups is 1. The Labute approximate surface area is 190 Å². The molecule has 0 saturated heterocycles. The smallest absolute Gasteiger partial charge is 0.343 e. The number of nitrogens with two attached hydrogens (primary N) is 2. The van der Waals surface area contributed by atoms with Crippen molar-refractivity contribution in [2.75, 3.05) is 29.4 Å². The SMILES string of the molecule is COc1ccc2c(c1)N(C(=O)N(N)c1ccc(-c3cn(N)c(=O)c4ccccc34)cc1)CC2. The number of anilines is 2. The van der Waals surface area contributed by atoms with Crippen molar-refractivity contribution in [2.45, 2.75) is 6.42 Å². The van der Waals surface area contributed by atoms with E-state index < -0.39 is 0 Å². The molecule has 4 aromatic rings. The maximum Gasteiger partial charge on any atom is 0.343 e. The fourth-order valence-electron chi connectivity index (χ4n) is 4.27. The highest BCUT2D eigenvalue weighted by Gasteiger charge is 2.28. The lowest BCUT2D eigenvalue weighted by molar-refractivity contribution is 0.252. The van der Waals surface area contributed by atoms with Crippen LogP contribution < -0.4 is 31.9 Å². The standard InChI is InChI=1S/C25H23N5O3/c1-33-19-11-8-17-12-13-28(23(17)14-19)25(32)30(27)18-9-6-16(7-10-18)22-15-29(26)24(31)21-5-3-2-4-20(21)22/h2-11,14-15H,12-13,26-27H2,1H3. The van der Waals surface area contributed by atoms with E-state index in [0.717, 1.165) is 43.9 Å². The molecular weight excluding hydrogens is 418 g/mol. The lowest BCUT2D eigenvalue weighted by Gasteiger charge is -2.25. The summed E-state index contributed by atoms with van der Waals surface area (Å²) >= 11 is 0. The van der Waals surface area contributed by atoms with Crippen LogP contribution in [-0.4, -0.2) is 24.4 Å². The van der Waals surface area contributed by atoms with Crippen LogP contribution in [0.15, 0.2) is 77.7 Å². The topological polar surface area (TPSA) is 107 Å². The number of hydrogen-bond acceptors (Lipinski definition) is 5. The maximum absolute atomic E-state index is 13.2. The van der Waals surface area contributed by atoms with Crippen LogP contribution in [-0.2, 0) is 6.42 Å². The zero-order valence-electron chi connectivity index (χ0n) is 18.1. The maximum atomic E-state index is 13.2. The molecule has 0 bridgehead atoms. The molecule has 5 rings (SSSR count). The third-order valence-corrected chi connectivity index (χ3v) is 6.03. The third kappa shape index (κ3) is 3.46. The van der Waals surface area contributed by atoms with Crippen molar-refractivity contribution in [1.29, 1.82) is 0 Å². The number of amides is 2. The van der Waals surface area contributed by atoms with Crippen molar-refractivity contribution in [2.24, 2.45) is 5.84 Å². The Bertz CT molecular complexity index is 1430. The fourth-order valence-corrected chi connectivity index (χ4v) is 4.27. The van der Waals surface area contributed by atoms with E-state index in [0.29, 0.717) is 23.4 Å². The van der Waals surface area contributed by atoms with Gasteiger partial charge in [0.05, 0.1) is 18.5 Å². The quantitative estimate of drug-likeness (QED) is 0.288. The number of nitrogen functional groups attached to an aromatic ring is 1. The van der Waals surface area contributed by atoms with Crippen molar-refractivity contribution in [3.63, 3.8) is 0 Å². The highest BCUT2D eigenvalue weighted by Crippen LogP contribution is 2.33. The molecule has 0 spiro atoms. The van der Waals surface area contributed by atoms with Gasteiger partial charge < -0.3 is 10.6 Å². The van der Waals surface area contributed by atoms with Gasteiger partial charge in [0.2, 0.25) is 0 Å². The van der Waals surface area contributed by atoms with E-state index in [1.54, 1.807) is 42.5 Å². The number of carbonyl (C=O) groups is 1. The zero-order valence-corrected chi connectivity index (χ0v) is 18.1. The first-order valence-electron chi connectivity index (χ1n) is 10.5. The molecule has 0 unspecified atom stereocenters. The second-order valence-corrected chi connectivity index (χ2v) is 7.90. The van der Waals surface area contributed by atoms with Gasteiger partial charge in [-0.15, -0.1) is 0 Å². The van der Waals surface area contributed by atoms with Gasteiger partial charge in [0.15, 0.2) is 0 Å². The van der Waals surface area contributed by atoms with Gasteiger partial charge in [-0.2, -0.15) is 0 Å². The summed E-state index contributed by atoms with van der Waals surface area (Å²) in [5.74, 6) is 12.8. The molecule has 0 atom stereocenters. The molecule has 3 aromatic carbocycles. The number of hydrogen-bond donors (Lipinski definition) is 2. The Morgan fingerprint density at radius 3 is 2.48 bits per heavy atom. The van der Waals surface area contributed by atoms with Crippen molar-refractivity contribution in [1.82, 2.24) is 4.68 Å². The fraction of sp³-hybridized carbons (Fsp3) is 0.120. The number of ether oxygens (including phenoxy) is 1. The van der Waals surface area contributed by atoms with Gasteiger partial charge in [0, 0.05) is 29.8 Å². The number of pyridine rings is 1. The van der Waals surface area contributed by atoms with E-state index in [2.05, 4.69) is 0 Å². The first-order chi connectivity index (χ1) is 16.0. The van der Waals surface area contributed by atoms with Crippen LogP contribution in [0.5, 0.6) is 5.75 Å². The highest BCUT2D eigenvalue weighted by molar-refractivity contribution is 6.04. The van der Waals surface area contributed by atoms with E-state index in [4.69, 9.17) is 16.4 Å². The minimum absolute atomic E-state index is 0.257. The van der Waals surface area contributed by atoms with E-state index in [9.17, 15) is 9.59 Å². The van der Waals surface area contributed by atoms with Gasteiger partial charge in [-0.1, -0.05) is 36.4 Å². The van der Waals surface area contributed by atoms with Crippen LogP contribution in [0.1, 0.15) is 5.56 Å². The average molecular weight is 441 g/mol. The van der Waals surface area contributed by atoms with Gasteiger partial charge >= 0.3 is 6.03 Å². The lowest BCUT2D eigenvalue weighted by atomic mass is 10.0. The van der Waals surface area contributed by atoms with Crippen LogP contribution in [0.3, 0.4) is 0 Å². The summed E-state index contributed by atoms with van der Waals surface area (Å²) in [7, 11) is 1.60. The Hall–Kier alpha value is -4.30. The summed E-state index contributed by atoms with van der Waals surface area (Å²) in [5.41, 5.74) is 3.85. The number of nitrogens with zero attached hydrogens (tertiary/aromatic N) is 3. The van der Waals surface area contributed by atoms with Crippen LogP contribution in [0.4, 0.5) is 16.2 Å². The summed E-state index contributed by atoms with van der Waals surface area (Å²) in [4.78, 5) is 27.2. The minimum atomic E-state index is -0.323. The molecule has 8 nitrogen and oxygen atoms in total. The summed E-state index contributed by atoms with van der Waals surface area (Å²) in [6.45, 7) is 0.553. The van der Waals surface area contributed by atoms with Crippen LogP contribution in [0, 0.1) is 0 Å². The Balaban J connectivity index is 1.45. The second-order valence-electron chi connectivity index (χ2n) is 7.90. The molecule has 166 valence electrons. The minimum Gasteiger partial charge on any atom is -0.497 e. The molecule has 33 heavy (non-hydrogen) atoms. The van der Waals surface area contributed by atoms with Crippen LogP contribution >= 0.6 is 0 Å². The first kappa shape index (κ1) is 20.6. The molecule has 0 fully saturated rings. The average Bonchev–Trinajstić information content (AvgIpc) is 3.28. The Morgan fingerprint density at radius 2 is 1.76 bits per heavy atom. The Kier molecular flexibility index (Phi) is 4.99. The Morgan fingerprint density at radius 1 is 1.03 bits per heavy atom. The summed E-state index contributed by atoms with van der Waals surface area (Å²) in [6, 6.07) is 20.0. The monoisotopic (exact) mass is 441 g/mol. The van der Waals surface area contributed by atoms with Crippen molar-refractivity contribution in [3.8, 4) is 16.9 Å². The van der Waals surface area contributed by atoms with Gasteiger partial charge in [-0.3, -0.25) is 9.69 Å². The van der Waals surface area contributed by atoms with Gasteiger partial charge in [0.1, 0.15) is 5.75 Å². The summed E-state index contributed by atoms with van der Waals surface area (Å²) in [5, 5.41) is 2.49. The predicted octanol–water partition coefficient (Wildman–Crippen LogP) is 3.25. The third-order valence-electron chi connectivity index (χ3n) is 6.03. The first-order valence-corrected chi connectivity index (χ1v) is 10.5. The number of fused-ring (bicyclic) bond motifs is 2. The number of carbonyl (C=O) groups excluding carboxylic acids is 1. The largest absolute Gasteiger partial charge is 0.497 e. The van der Waals surface area contributed by atoms with Crippen LogP contribution in [0.25, 0.3) is 21.9 Å². The van der Waals surface area contributed by atoms with Crippen molar-refractivity contribution in [3.05, 3.63) is 88.8 Å². The van der Waals surface area contributed by atoms with Crippen LogP contribution in [0.2, 0.25) is 0 Å². The highest BCUT2D eigenvalue weighted by atomic mass is 16.5. The molecule has 2 heterocycles. The molecule has 1 aliphatic rings. The van der Waals surface area contributed by atoms with E-state index in [1.807, 2.05) is 42.5 Å². The molecule has 0 radical (unpaired) electrons. The number of benzene rings is 3. The molecule has 1 aromatic heterocycles. The van der Waals surface area contributed by atoms with Gasteiger partial charge in [-0.05, 0) is 47.2 Å². The predicted molar refractivity (Wildman–Crippen MR) is 130 cm³/mol. The number of rotatable bonds is 3. The molecule has 4 N–H and O–H groups in total. The lowest BCUT2D eigenvalue weighted by Crippen LogP contribution is -2.47. The van der Waals surface area contributed by atoms with E-state index in [-0.39, 0.29) is 11.6 Å². The van der Waals surface area contributed by atoms with Gasteiger partial charge in [-0.25, -0.2) is 20.3 Å². The number of methoxy groups -OCH3 is 1. The van der Waals surface area contributed by atoms with Crippen molar-refractivity contribution < 1.29 is 9.53 Å². The molecular formula is C25H23N5O3. The molecule has 8 heteroatoms. The van der Waals surface area contributed by atoms with Gasteiger partial charge in [0.25, 0.3) is 5.56 Å². The molecule has 2 amide bonds. The molecule has 0 aliphatic carbocycles. The van der Waals surface area contributed by atoms with E-state index in [1.165, 1.54) is 0 Å². The number of urea groups is 1. The molecule has 0 saturated carbocycles. The second kappa shape index (κ2) is 7.99. The number of aromatic nitrogens is 1. The normalized spacial score (nSPS) is 12.6. The zero-order chi connectivity index (χ0) is 23.1.